The second-order valence-corrected chi connectivity index (χ2v) is 9.19. The Morgan fingerprint density at radius 1 is 0.655 bits per heavy atom. The van der Waals surface area contributed by atoms with Gasteiger partial charge in [0.25, 0.3) is 0 Å². The summed E-state index contributed by atoms with van der Waals surface area (Å²) in [6.07, 6.45) is 33.4. The molecule has 0 aliphatic heterocycles. The van der Waals surface area contributed by atoms with Gasteiger partial charge < -0.3 is 4.74 Å². The van der Waals surface area contributed by atoms with Gasteiger partial charge in [-0.25, -0.2) is 0 Å². The zero-order valence-corrected chi connectivity index (χ0v) is 19.7. The molecular formula is C27H50O2. The van der Waals surface area contributed by atoms with Crippen LogP contribution in [0.15, 0.2) is 11.6 Å². The molecule has 1 saturated carbocycles. The molecule has 0 heterocycles. The minimum atomic E-state index is -0.0636. The summed E-state index contributed by atoms with van der Waals surface area (Å²) < 4.78 is 4.68. The predicted octanol–water partition coefficient (Wildman–Crippen LogP) is 9.07. The Balaban J connectivity index is 2.10. The Kier molecular flexibility index (Phi) is 18.5. The maximum atomic E-state index is 11.1. The van der Waals surface area contributed by atoms with Gasteiger partial charge in [0.1, 0.15) is 0 Å². The van der Waals surface area contributed by atoms with E-state index in [1.807, 2.05) is 0 Å². The molecule has 2 heteroatoms. The van der Waals surface area contributed by atoms with E-state index >= 15 is 0 Å². The SMILES string of the molecule is COC(=O)CCCCCCCCCC=C1CCCCCCCCCCCCCC1. The molecule has 0 N–H and O–H groups in total. The van der Waals surface area contributed by atoms with Gasteiger partial charge >= 0.3 is 5.97 Å². The van der Waals surface area contributed by atoms with Crippen molar-refractivity contribution in [2.75, 3.05) is 7.11 Å². The average Bonchev–Trinajstić information content (AvgIpc) is 2.74. The van der Waals surface area contributed by atoms with Crippen molar-refractivity contribution in [2.45, 2.75) is 148 Å². The van der Waals surface area contributed by atoms with Crippen LogP contribution in [0.1, 0.15) is 148 Å². The van der Waals surface area contributed by atoms with Crippen molar-refractivity contribution in [2.24, 2.45) is 0 Å². The molecule has 0 unspecified atom stereocenters. The number of hydrogen-bond donors (Lipinski definition) is 0. The molecule has 0 atom stereocenters. The van der Waals surface area contributed by atoms with Gasteiger partial charge in [0.2, 0.25) is 0 Å². The fourth-order valence-electron chi connectivity index (χ4n) is 4.51. The number of hydrogen-bond acceptors (Lipinski definition) is 2. The summed E-state index contributed by atoms with van der Waals surface area (Å²) in [7, 11) is 1.48. The first-order valence-electron chi connectivity index (χ1n) is 13.1. The lowest BCUT2D eigenvalue weighted by atomic mass is 9.98. The van der Waals surface area contributed by atoms with E-state index in [0.717, 1.165) is 6.42 Å². The summed E-state index contributed by atoms with van der Waals surface area (Å²) in [4.78, 5) is 11.1. The zero-order chi connectivity index (χ0) is 20.8. The molecule has 2 nitrogen and oxygen atoms in total. The van der Waals surface area contributed by atoms with Crippen molar-refractivity contribution in [3.63, 3.8) is 0 Å². The van der Waals surface area contributed by atoms with E-state index in [-0.39, 0.29) is 5.97 Å². The predicted molar refractivity (Wildman–Crippen MR) is 126 cm³/mol. The van der Waals surface area contributed by atoms with E-state index in [2.05, 4.69) is 10.8 Å². The first-order valence-corrected chi connectivity index (χ1v) is 13.1. The molecule has 1 aliphatic carbocycles. The third kappa shape index (κ3) is 17.8. The number of esters is 1. The summed E-state index contributed by atoms with van der Waals surface area (Å²) >= 11 is 0. The van der Waals surface area contributed by atoms with Crippen molar-refractivity contribution in [1.82, 2.24) is 0 Å². The van der Waals surface area contributed by atoms with Crippen molar-refractivity contribution in [3.8, 4) is 0 Å². The van der Waals surface area contributed by atoms with Crippen molar-refractivity contribution >= 4 is 5.97 Å². The van der Waals surface area contributed by atoms with Crippen LogP contribution in [0.2, 0.25) is 0 Å². The van der Waals surface area contributed by atoms with Gasteiger partial charge in [0, 0.05) is 6.42 Å². The topological polar surface area (TPSA) is 26.3 Å². The minimum absolute atomic E-state index is 0.0636. The van der Waals surface area contributed by atoms with Gasteiger partial charge in [0.15, 0.2) is 0 Å². The summed E-state index contributed by atoms with van der Waals surface area (Å²) in [5.74, 6) is -0.0636. The van der Waals surface area contributed by atoms with Gasteiger partial charge in [-0.15, -0.1) is 0 Å². The van der Waals surface area contributed by atoms with Crippen LogP contribution < -0.4 is 0 Å². The van der Waals surface area contributed by atoms with Gasteiger partial charge in [-0.2, -0.15) is 0 Å². The zero-order valence-electron chi connectivity index (χ0n) is 19.7. The highest BCUT2D eigenvalue weighted by atomic mass is 16.5. The summed E-state index contributed by atoms with van der Waals surface area (Å²) in [5.41, 5.74) is 1.77. The fourth-order valence-corrected chi connectivity index (χ4v) is 4.51. The van der Waals surface area contributed by atoms with Crippen LogP contribution in [0.25, 0.3) is 0 Å². The van der Waals surface area contributed by atoms with Crippen LogP contribution in [-0.2, 0) is 9.53 Å². The van der Waals surface area contributed by atoms with Crippen molar-refractivity contribution in [3.05, 3.63) is 11.6 Å². The highest BCUT2D eigenvalue weighted by molar-refractivity contribution is 5.68. The van der Waals surface area contributed by atoms with Crippen LogP contribution in [0, 0.1) is 0 Å². The number of methoxy groups -OCH3 is 1. The van der Waals surface area contributed by atoms with Gasteiger partial charge in [-0.05, 0) is 44.9 Å². The van der Waals surface area contributed by atoms with Crippen LogP contribution in [-0.4, -0.2) is 13.1 Å². The molecular weight excluding hydrogens is 356 g/mol. The molecule has 0 aromatic carbocycles. The van der Waals surface area contributed by atoms with E-state index < -0.39 is 0 Å². The molecule has 0 spiro atoms. The van der Waals surface area contributed by atoms with E-state index in [4.69, 9.17) is 0 Å². The van der Waals surface area contributed by atoms with Crippen LogP contribution in [0.4, 0.5) is 0 Å². The summed E-state index contributed by atoms with van der Waals surface area (Å²) in [5, 5.41) is 0. The van der Waals surface area contributed by atoms with E-state index in [0.29, 0.717) is 6.42 Å². The summed E-state index contributed by atoms with van der Waals surface area (Å²) in [6, 6.07) is 0. The number of ether oxygens (including phenoxy) is 1. The highest BCUT2D eigenvalue weighted by Crippen LogP contribution is 2.21. The number of carbonyl (C=O) groups is 1. The van der Waals surface area contributed by atoms with Crippen LogP contribution >= 0.6 is 0 Å². The lowest BCUT2D eigenvalue weighted by Gasteiger charge is -2.08. The first kappa shape index (κ1) is 26.2. The number of carbonyl (C=O) groups excluding carboxylic acids is 1. The smallest absolute Gasteiger partial charge is 0.305 e. The van der Waals surface area contributed by atoms with E-state index in [9.17, 15) is 4.79 Å². The van der Waals surface area contributed by atoms with Gasteiger partial charge in [-0.1, -0.05) is 108 Å². The van der Waals surface area contributed by atoms with Gasteiger partial charge in [0.05, 0.1) is 7.11 Å². The molecule has 0 radical (unpaired) electrons. The van der Waals surface area contributed by atoms with Crippen LogP contribution in [0.3, 0.4) is 0 Å². The number of unbranched alkanes of at least 4 members (excludes halogenated alkanes) is 7. The Hall–Kier alpha value is -0.790. The van der Waals surface area contributed by atoms with Crippen LogP contribution in [0.5, 0.6) is 0 Å². The lowest BCUT2D eigenvalue weighted by molar-refractivity contribution is -0.140. The Morgan fingerprint density at radius 3 is 1.55 bits per heavy atom. The third-order valence-corrected chi connectivity index (χ3v) is 6.49. The Labute approximate surface area is 182 Å². The standard InChI is InChI=1S/C27H50O2/c1-29-27(28)25-21-17-13-9-8-12-16-20-24-26-22-18-14-10-6-4-2-3-5-7-11-15-19-23-26/h24H,2-23,25H2,1H3. The molecule has 1 rings (SSSR count). The molecule has 1 aliphatic rings. The largest absolute Gasteiger partial charge is 0.469 e. The normalized spacial score (nSPS) is 17.9. The summed E-state index contributed by atoms with van der Waals surface area (Å²) in [6.45, 7) is 0. The van der Waals surface area contributed by atoms with E-state index in [1.54, 1.807) is 5.57 Å². The molecule has 0 amide bonds. The fraction of sp³-hybridized carbons (Fsp3) is 0.889. The quantitative estimate of drug-likeness (QED) is 0.205. The number of allylic oxidation sites excluding steroid dienone is 2. The molecule has 0 aromatic heterocycles. The second kappa shape index (κ2) is 20.5. The third-order valence-electron chi connectivity index (χ3n) is 6.49. The molecule has 0 bridgehead atoms. The maximum absolute atomic E-state index is 11.1. The van der Waals surface area contributed by atoms with Gasteiger partial charge in [-0.3, -0.25) is 4.79 Å². The molecule has 29 heavy (non-hydrogen) atoms. The van der Waals surface area contributed by atoms with E-state index in [1.165, 1.54) is 142 Å². The minimum Gasteiger partial charge on any atom is -0.469 e. The lowest BCUT2D eigenvalue weighted by Crippen LogP contribution is -1.99. The molecule has 0 saturated heterocycles. The molecule has 1 fully saturated rings. The molecule has 0 aromatic rings. The molecule has 170 valence electrons. The van der Waals surface area contributed by atoms with Crippen molar-refractivity contribution < 1.29 is 9.53 Å². The van der Waals surface area contributed by atoms with Crippen molar-refractivity contribution in [1.29, 1.82) is 0 Å². The maximum Gasteiger partial charge on any atom is 0.305 e. The highest BCUT2D eigenvalue weighted by Gasteiger charge is 2.02. The number of rotatable bonds is 10. The Bertz CT molecular complexity index is 381. The average molecular weight is 407 g/mol. The Morgan fingerprint density at radius 2 is 1.07 bits per heavy atom. The monoisotopic (exact) mass is 406 g/mol. The second-order valence-electron chi connectivity index (χ2n) is 9.19. The first-order chi connectivity index (χ1) is 14.3.